The Morgan fingerprint density at radius 2 is 1.92 bits per heavy atom. The molecule has 2 fully saturated rings. The number of aliphatic hydroxyl groups is 1. The van der Waals surface area contributed by atoms with E-state index in [1.54, 1.807) is 24.4 Å². The zero-order chi connectivity index (χ0) is 33.1. The molecule has 0 amide bonds. The van der Waals surface area contributed by atoms with Gasteiger partial charge in [0.25, 0.3) is 5.56 Å². The van der Waals surface area contributed by atoms with Crippen LogP contribution in [0.5, 0.6) is 0 Å². The van der Waals surface area contributed by atoms with Gasteiger partial charge in [0.2, 0.25) is 5.95 Å². The number of nitrogens with one attached hydrogen (secondary N) is 1. The SMILES string of the molecule is CC1CN(CC2=CCC(c3cc4c(-c5cccc(-n6ccc7cc(C8CC8)cc(F)c7c6=O)c5CO)nc(N)nc4[nH]3)C=C2)CC(C)O1. The fraction of sp³-hybridized carbons (Fsp3) is 0.342. The summed E-state index contributed by atoms with van der Waals surface area (Å²) in [6.07, 6.45) is 11.8. The molecule has 2 aliphatic carbocycles. The van der Waals surface area contributed by atoms with Crippen molar-refractivity contribution in [1.29, 1.82) is 0 Å². The maximum Gasteiger partial charge on any atom is 0.265 e. The number of allylic oxidation sites excluding steroid dienone is 2. The Balaban J connectivity index is 1.13. The highest BCUT2D eigenvalue weighted by Gasteiger charge is 2.27. The van der Waals surface area contributed by atoms with Gasteiger partial charge in [-0.2, -0.15) is 4.98 Å². The number of aromatic amines is 1. The number of fused-ring (bicyclic) bond motifs is 2. The number of pyridine rings is 1. The summed E-state index contributed by atoms with van der Waals surface area (Å²) < 4.78 is 22.6. The predicted molar refractivity (Wildman–Crippen MR) is 186 cm³/mol. The van der Waals surface area contributed by atoms with Gasteiger partial charge in [-0.25, -0.2) is 9.37 Å². The van der Waals surface area contributed by atoms with E-state index in [0.717, 1.165) is 55.5 Å². The summed E-state index contributed by atoms with van der Waals surface area (Å²) in [6, 6.07) is 12.6. The van der Waals surface area contributed by atoms with Crippen LogP contribution in [0.25, 0.3) is 38.8 Å². The quantitative estimate of drug-likeness (QED) is 0.195. The minimum Gasteiger partial charge on any atom is -0.392 e. The van der Waals surface area contributed by atoms with Gasteiger partial charge in [-0.15, -0.1) is 0 Å². The number of morpholine rings is 1. The van der Waals surface area contributed by atoms with Crippen molar-refractivity contribution in [3.05, 3.63) is 105 Å². The fourth-order valence-electron chi connectivity index (χ4n) is 7.52. The van der Waals surface area contributed by atoms with Crippen LogP contribution in [-0.2, 0) is 11.3 Å². The lowest BCUT2D eigenvalue weighted by Gasteiger charge is -2.35. The number of ether oxygens (including phenoxy) is 1. The summed E-state index contributed by atoms with van der Waals surface area (Å²) in [6.45, 7) is 6.62. The Morgan fingerprint density at radius 1 is 1.10 bits per heavy atom. The van der Waals surface area contributed by atoms with Crippen LogP contribution in [0.3, 0.4) is 0 Å². The van der Waals surface area contributed by atoms with E-state index in [0.29, 0.717) is 39.5 Å². The van der Waals surface area contributed by atoms with Crippen molar-refractivity contribution < 1.29 is 14.2 Å². The van der Waals surface area contributed by atoms with E-state index in [4.69, 9.17) is 10.5 Å². The standard InChI is InChI=1S/C38H39FN6O3/c1-21-17-44(18-22(2)48-21)19-23-6-8-25(9-7-23)32-16-29-35(42-38(40)43-36(29)41-32)28-4-3-5-33(30(28)20-46)45-13-12-26-14-27(24-10-11-24)15-31(39)34(26)37(45)47/h3-8,12-16,21-22,24-25,46H,9-11,17-20H2,1-2H3,(H3,40,41,42,43). The van der Waals surface area contributed by atoms with Gasteiger partial charge in [0, 0.05) is 54.0 Å². The first-order valence-corrected chi connectivity index (χ1v) is 16.7. The summed E-state index contributed by atoms with van der Waals surface area (Å²) >= 11 is 0. The largest absolute Gasteiger partial charge is 0.392 e. The number of anilines is 1. The van der Waals surface area contributed by atoms with Crippen LogP contribution in [0, 0.1) is 5.82 Å². The monoisotopic (exact) mass is 646 g/mol. The van der Waals surface area contributed by atoms with Crippen molar-refractivity contribution in [2.45, 2.75) is 63.8 Å². The van der Waals surface area contributed by atoms with Crippen LogP contribution >= 0.6 is 0 Å². The summed E-state index contributed by atoms with van der Waals surface area (Å²) in [4.78, 5) is 28.8. The molecule has 2 aromatic carbocycles. The molecule has 0 bridgehead atoms. The molecule has 3 aliphatic rings. The predicted octanol–water partition coefficient (Wildman–Crippen LogP) is 6.10. The molecule has 3 atom stereocenters. The van der Waals surface area contributed by atoms with Crippen LogP contribution in [0.15, 0.2) is 77.3 Å². The summed E-state index contributed by atoms with van der Waals surface area (Å²) in [5, 5.41) is 12.1. The smallest absolute Gasteiger partial charge is 0.265 e. The molecule has 246 valence electrons. The van der Waals surface area contributed by atoms with Crippen molar-refractivity contribution in [3.8, 4) is 16.9 Å². The molecule has 1 saturated heterocycles. The molecule has 10 heteroatoms. The Hall–Kier alpha value is -4.64. The lowest BCUT2D eigenvalue weighted by Crippen LogP contribution is -2.45. The van der Waals surface area contributed by atoms with Crippen molar-refractivity contribution in [2.75, 3.05) is 25.4 Å². The van der Waals surface area contributed by atoms with Gasteiger partial charge in [-0.05, 0) is 79.8 Å². The van der Waals surface area contributed by atoms with Gasteiger partial charge in [0.1, 0.15) is 11.5 Å². The highest BCUT2D eigenvalue weighted by Crippen LogP contribution is 2.41. The molecule has 5 aromatic rings. The number of rotatable bonds is 7. The maximum absolute atomic E-state index is 15.3. The number of benzene rings is 2. The van der Waals surface area contributed by atoms with Gasteiger partial charge in [0.15, 0.2) is 0 Å². The third kappa shape index (κ3) is 5.63. The molecular weight excluding hydrogens is 607 g/mol. The Bertz CT molecular complexity index is 2170. The molecule has 0 radical (unpaired) electrons. The first kappa shape index (κ1) is 30.7. The number of hydrogen-bond donors (Lipinski definition) is 3. The Morgan fingerprint density at radius 3 is 2.65 bits per heavy atom. The maximum atomic E-state index is 15.3. The average molecular weight is 647 g/mol. The number of nitrogens with two attached hydrogens (primary N) is 1. The fourth-order valence-corrected chi connectivity index (χ4v) is 7.52. The number of nitrogen functional groups attached to an aromatic ring is 1. The van der Waals surface area contributed by atoms with E-state index < -0.39 is 11.4 Å². The Kier molecular flexibility index (Phi) is 7.74. The molecule has 4 N–H and O–H groups in total. The van der Waals surface area contributed by atoms with E-state index in [9.17, 15) is 9.90 Å². The number of nitrogens with zero attached hydrogens (tertiary/aromatic N) is 4. The van der Waals surface area contributed by atoms with E-state index in [1.165, 1.54) is 16.2 Å². The van der Waals surface area contributed by atoms with E-state index in [-0.39, 0.29) is 36.1 Å². The van der Waals surface area contributed by atoms with Crippen molar-refractivity contribution in [1.82, 2.24) is 24.4 Å². The normalized spacial score (nSPS) is 21.7. The topological polar surface area (TPSA) is 122 Å². The first-order valence-electron chi connectivity index (χ1n) is 16.7. The van der Waals surface area contributed by atoms with Crippen molar-refractivity contribution >= 4 is 27.8 Å². The summed E-state index contributed by atoms with van der Waals surface area (Å²) in [7, 11) is 0. The summed E-state index contributed by atoms with van der Waals surface area (Å²) in [5.41, 5.74) is 11.6. The molecule has 3 aromatic heterocycles. The number of halogens is 1. The minimum absolute atomic E-state index is 0.0342. The van der Waals surface area contributed by atoms with Gasteiger partial charge in [-0.3, -0.25) is 14.3 Å². The lowest BCUT2D eigenvalue weighted by atomic mass is 9.93. The van der Waals surface area contributed by atoms with Crippen LogP contribution in [0.1, 0.15) is 61.8 Å². The minimum atomic E-state index is -0.524. The number of hydrogen-bond acceptors (Lipinski definition) is 7. The molecule has 1 aliphatic heterocycles. The molecule has 4 heterocycles. The number of aromatic nitrogens is 4. The average Bonchev–Trinajstić information content (AvgIpc) is 3.83. The molecule has 1 saturated carbocycles. The molecule has 3 unspecified atom stereocenters. The lowest BCUT2D eigenvalue weighted by molar-refractivity contribution is -0.0651. The van der Waals surface area contributed by atoms with E-state index in [1.807, 2.05) is 18.2 Å². The van der Waals surface area contributed by atoms with Crippen LogP contribution in [0.2, 0.25) is 0 Å². The number of aliphatic hydroxyl groups excluding tert-OH is 1. The first-order chi connectivity index (χ1) is 23.2. The third-order valence-electron chi connectivity index (χ3n) is 9.85. The van der Waals surface area contributed by atoms with Crippen molar-refractivity contribution in [2.24, 2.45) is 0 Å². The summed E-state index contributed by atoms with van der Waals surface area (Å²) in [5.74, 6) is 0.0535. The molecule has 0 spiro atoms. The molecular formula is C38H39FN6O3. The zero-order valence-electron chi connectivity index (χ0n) is 27.1. The highest BCUT2D eigenvalue weighted by molar-refractivity contribution is 5.94. The van der Waals surface area contributed by atoms with E-state index in [2.05, 4.69) is 51.9 Å². The van der Waals surface area contributed by atoms with Crippen LogP contribution < -0.4 is 11.3 Å². The second kappa shape index (κ2) is 12.1. The molecule has 9 nitrogen and oxygen atoms in total. The molecule has 8 rings (SSSR count). The van der Waals surface area contributed by atoms with E-state index >= 15 is 4.39 Å². The zero-order valence-corrected chi connectivity index (χ0v) is 27.1. The van der Waals surface area contributed by atoms with Gasteiger partial charge >= 0.3 is 0 Å². The van der Waals surface area contributed by atoms with Gasteiger partial charge < -0.3 is 20.6 Å². The second-order valence-electron chi connectivity index (χ2n) is 13.5. The van der Waals surface area contributed by atoms with Crippen LogP contribution in [-0.4, -0.2) is 61.4 Å². The highest BCUT2D eigenvalue weighted by atomic mass is 19.1. The number of H-pyrrole nitrogens is 1. The van der Waals surface area contributed by atoms with Gasteiger partial charge in [-0.1, -0.05) is 36.4 Å². The van der Waals surface area contributed by atoms with Crippen LogP contribution in [0.4, 0.5) is 10.3 Å². The van der Waals surface area contributed by atoms with Gasteiger partial charge in [0.05, 0.1) is 35.6 Å². The van der Waals surface area contributed by atoms with Crippen molar-refractivity contribution in [3.63, 3.8) is 0 Å². The third-order valence-corrected chi connectivity index (χ3v) is 9.85. The molecule has 48 heavy (non-hydrogen) atoms. The Labute approximate surface area is 277 Å². The second-order valence-corrected chi connectivity index (χ2v) is 13.5.